The molecule has 0 aliphatic heterocycles. The van der Waals surface area contributed by atoms with E-state index in [1.165, 1.54) is 6.07 Å². The van der Waals surface area contributed by atoms with Crippen LogP contribution in [0.15, 0.2) is 29.3 Å². The Labute approximate surface area is 159 Å². The number of aryl methyl sites for hydroxylation is 1. The Morgan fingerprint density at radius 3 is 2.92 bits per heavy atom. The molecule has 0 aromatic heterocycles. The van der Waals surface area contributed by atoms with Gasteiger partial charge >= 0.3 is 0 Å². The fraction of sp³-hybridized carbons (Fsp3) is 0.650. The van der Waals surface area contributed by atoms with Crippen molar-refractivity contribution in [2.45, 2.75) is 63.7 Å². The summed E-state index contributed by atoms with van der Waals surface area (Å²) in [6.45, 7) is 5.56. The second kappa shape index (κ2) is 11.3. The molecule has 0 heterocycles. The largest absolute Gasteiger partial charge is 0.357 e. The van der Waals surface area contributed by atoms with Crippen LogP contribution in [-0.2, 0) is 17.2 Å². The fourth-order valence-corrected chi connectivity index (χ4v) is 4.78. The first-order chi connectivity index (χ1) is 12.6. The van der Waals surface area contributed by atoms with Gasteiger partial charge in [-0.05, 0) is 56.7 Å². The summed E-state index contributed by atoms with van der Waals surface area (Å²) in [5.74, 6) is 1.39. The molecule has 26 heavy (non-hydrogen) atoms. The fourth-order valence-electron chi connectivity index (χ4n) is 3.43. The quantitative estimate of drug-likeness (QED) is 0.412. The van der Waals surface area contributed by atoms with E-state index in [0.717, 1.165) is 62.3 Å². The third-order valence-electron chi connectivity index (χ3n) is 4.75. The van der Waals surface area contributed by atoms with E-state index in [0.29, 0.717) is 17.8 Å². The van der Waals surface area contributed by atoms with Crippen LogP contribution in [0.2, 0.25) is 0 Å². The topological polar surface area (TPSA) is 53.5 Å². The number of hydrogen-bond donors (Lipinski definition) is 2. The molecule has 0 radical (unpaired) electrons. The van der Waals surface area contributed by atoms with Crippen molar-refractivity contribution in [3.63, 3.8) is 0 Å². The first-order valence-electron chi connectivity index (χ1n) is 9.78. The molecule has 1 aliphatic rings. The molecule has 3 unspecified atom stereocenters. The lowest BCUT2D eigenvalue weighted by atomic mass is 9.95. The Kier molecular flexibility index (Phi) is 9.09. The van der Waals surface area contributed by atoms with E-state index < -0.39 is 10.8 Å². The number of hydrogen-bond acceptors (Lipinski definition) is 2. The molecule has 1 aromatic rings. The van der Waals surface area contributed by atoms with E-state index in [1.807, 2.05) is 13.0 Å². The Morgan fingerprint density at radius 1 is 1.35 bits per heavy atom. The maximum absolute atomic E-state index is 13.2. The van der Waals surface area contributed by atoms with Gasteiger partial charge in [0.15, 0.2) is 5.96 Å². The maximum Gasteiger partial charge on any atom is 0.191 e. The summed E-state index contributed by atoms with van der Waals surface area (Å²) in [4.78, 5) is 4.66. The molecule has 2 rings (SSSR count). The van der Waals surface area contributed by atoms with Crippen LogP contribution in [0, 0.1) is 5.82 Å². The van der Waals surface area contributed by atoms with Crippen LogP contribution >= 0.6 is 0 Å². The lowest BCUT2D eigenvalue weighted by Crippen LogP contribution is -2.46. The molecule has 2 N–H and O–H groups in total. The molecule has 0 amide bonds. The smallest absolute Gasteiger partial charge is 0.191 e. The predicted octanol–water partition coefficient (Wildman–Crippen LogP) is 3.39. The number of halogens is 1. The van der Waals surface area contributed by atoms with Gasteiger partial charge in [0, 0.05) is 40.9 Å². The minimum absolute atomic E-state index is 0.183. The monoisotopic (exact) mass is 381 g/mol. The molecule has 1 aromatic carbocycles. The molecular weight excluding hydrogens is 349 g/mol. The van der Waals surface area contributed by atoms with E-state index in [-0.39, 0.29) is 5.82 Å². The van der Waals surface area contributed by atoms with Crippen molar-refractivity contribution >= 4 is 16.8 Å². The molecule has 1 fully saturated rings. The highest BCUT2D eigenvalue weighted by molar-refractivity contribution is 7.85. The molecule has 0 spiro atoms. The molecule has 4 nitrogen and oxygen atoms in total. The number of guanidine groups is 1. The summed E-state index contributed by atoms with van der Waals surface area (Å²) >= 11 is 0. The van der Waals surface area contributed by atoms with Gasteiger partial charge in [-0.1, -0.05) is 25.5 Å². The van der Waals surface area contributed by atoms with Gasteiger partial charge < -0.3 is 10.6 Å². The SMILES string of the molecule is CCNC(=NCCCc1cccc(F)c1)NC1CCCC(S(=O)CC)C1. The average molecular weight is 382 g/mol. The molecule has 1 saturated carbocycles. The van der Waals surface area contributed by atoms with E-state index in [9.17, 15) is 8.60 Å². The van der Waals surface area contributed by atoms with Crippen molar-refractivity contribution in [3.05, 3.63) is 35.6 Å². The normalized spacial score (nSPS) is 22.0. The molecule has 1 aliphatic carbocycles. The minimum Gasteiger partial charge on any atom is -0.357 e. The van der Waals surface area contributed by atoms with Gasteiger partial charge in [-0.25, -0.2) is 4.39 Å². The Hall–Kier alpha value is -1.43. The van der Waals surface area contributed by atoms with Gasteiger partial charge in [0.25, 0.3) is 0 Å². The van der Waals surface area contributed by atoms with Gasteiger partial charge in [-0.2, -0.15) is 0 Å². The zero-order valence-corrected chi connectivity index (χ0v) is 16.8. The second-order valence-corrected chi connectivity index (χ2v) is 8.80. The Morgan fingerprint density at radius 2 is 2.19 bits per heavy atom. The van der Waals surface area contributed by atoms with Crippen LogP contribution in [0.4, 0.5) is 4.39 Å². The van der Waals surface area contributed by atoms with Crippen LogP contribution in [0.3, 0.4) is 0 Å². The van der Waals surface area contributed by atoms with Crippen molar-refractivity contribution in [1.82, 2.24) is 10.6 Å². The van der Waals surface area contributed by atoms with Crippen LogP contribution in [0.1, 0.15) is 51.5 Å². The molecular formula is C20H32FN3OS. The molecule has 6 heteroatoms. The molecule has 0 bridgehead atoms. The van der Waals surface area contributed by atoms with Gasteiger partial charge in [0.05, 0.1) is 0 Å². The maximum atomic E-state index is 13.2. The predicted molar refractivity (Wildman–Crippen MR) is 109 cm³/mol. The number of rotatable bonds is 8. The van der Waals surface area contributed by atoms with E-state index in [2.05, 4.69) is 22.5 Å². The third kappa shape index (κ3) is 7.06. The Balaban J connectivity index is 1.82. The van der Waals surface area contributed by atoms with Crippen molar-refractivity contribution in [3.8, 4) is 0 Å². The highest BCUT2D eigenvalue weighted by atomic mass is 32.2. The zero-order valence-electron chi connectivity index (χ0n) is 16.0. The number of aliphatic imine (C=N–C) groups is 1. The number of nitrogens with one attached hydrogen (secondary N) is 2. The van der Waals surface area contributed by atoms with Gasteiger partial charge in [-0.3, -0.25) is 9.20 Å². The number of nitrogens with zero attached hydrogens (tertiary/aromatic N) is 1. The van der Waals surface area contributed by atoms with Gasteiger partial charge in [-0.15, -0.1) is 0 Å². The third-order valence-corrected chi connectivity index (χ3v) is 6.49. The van der Waals surface area contributed by atoms with Crippen molar-refractivity contribution in [2.75, 3.05) is 18.8 Å². The average Bonchev–Trinajstić information content (AvgIpc) is 2.65. The van der Waals surface area contributed by atoms with Gasteiger partial charge in [0.1, 0.15) is 5.82 Å². The summed E-state index contributed by atoms with van der Waals surface area (Å²) in [5, 5.41) is 7.12. The van der Waals surface area contributed by atoms with E-state index >= 15 is 0 Å². The summed E-state index contributed by atoms with van der Waals surface area (Å²) in [7, 11) is -0.714. The highest BCUT2D eigenvalue weighted by Gasteiger charge is 2.25. The lowest BCUT2D eigenvalue weighted by molar-refractivity contribution is 0.413. The van der Waals surface area contributed by atoms with Crippen LogP contribution < -0.4 is 10.6 Å². The molecule has 146 valence electrons. The summed E-state index contributed by atoms with van der Waals surface area (Å²) in [6.07, 6.45) is 5.95. The second-order valence-electron chi connectivity index (χ2n) is 6.79. The zero-order chi connectivity index (χ0) is 18.8. The van der Waals surface area contributed by atoms with Gasteiger partial charge in [0.2, 0.25) is 0 Å². The van der Waals surface area contributed by atoms with Crippen LogP contribution in [0.5, 0.6) is 0 Å². The standard InChI is InChI=1S/C20H32FN3OS/c1-3-22-20(23-13-7-9-16-8-5-10-17(21)14-16)24-18-11-6-12-19(15-18)26(25)4-2/h5,8,10,14,18-19H,3-4,6-7,9,11-13,15H2,1-2H3,(H2,22,23,24). The first kappa shape index (κ1) is 20.9. The summed E-state index contributed by atoms with van der Waals surface area (Å²) in [5.41, 5.74) is 1.01. The Bertz CT molecular complexity index is 608. The van der Waals surface area contributed by atoms with Crippen LogP contribution in [0.25, 0.3) is 0 Å². The minimum atomic E-state index is -0.714. The van der Waals surface area contributed by atoms with Crippen molar-refractivity contribution in [1.29, 1.82) is 0 Å². The van der Waals surface area contributed by atoms with Crippen molar-refractivity contribution < 1.29 is 8.60 Å². The van der Waals surface area contributed by atoms with Crippen LogP contribution in [-0.4, -0.2) is 40.3 Å². The van der Waals surface area contributed by atoms with E-state index in [4.69, 9.17) is 0 Å². The van der Waals surface area contributed by atoms with E-state index in [1.54, 1.807) is 12.1 Å². The summed E-state index contributed by atoms with van der Waals surface area (Å²) < 4.78 is 25.3. The lowest BCUT2D eigenvalue weighted by Gasteiger charge is -2.30. The number of benzene rings is 1. The highest BCUT2D eigenvalue weighted by Crippen LogP contribution is 2.23. The summed E-state index contributed by atoms with van der Waals surface area (Å²) in [6, 6.07) is 7.09. The molecule has 3 atom stereocenters. The molecule has 0 saturated heterocycles. The van der Waals surface area contributed by atoms with Crippen molar-refractivity contribution in [2.24, 2.45) is 4.99 Å². The first-order valence-corrected chi connectivity index (χ1v) is 11.2.